The Morgan fingerprint density at radius 2 is 2.09 bits per heavy atom. The van der Waals surface area contributed by atoms with Crippen LogP contribution in [0.25, 0.3) is 17.0 Å². The van der Waals surface area contributed by atoms with E-state index in [1.807, 2.05) is 54.2 Å². The van der Waals surface area contributed by atoms with Gasteiger partial charge in [0.25, 0.3) is 0 Å². The number of methoxy groups -OCH3 is 1. The summed E-state index contributed by atoms with van der Waals surface area (Å²) >= 11 is 0. The lowest BCUT2D eigenvalue weighted by atomic mass is 10.0. The number of nitrogens with zero attached hydrogens (tertiary/aromatic N) is 2. The van der Waals surface area contributed by atoms with Gasteiger partial charge in [0, 0.05) is 36.3 Å². The van der Waals surface area contributed by atoms with Gasteiger partial charge in [0.15, 0.2) is 5.76 Å². The highest BCUT2D eigenvalue weighted by molar-refractivity contribution is 6.15. The maximum absolute atomic E-state index is 13.2. The normalized spacial score (nSPS) is 16.5. The monoisotopic (exact) mass is 442 g/mol. The molecule has 2 aliphatic heterocycles. The zero-order valence-corrected chi connectivity index (χ0v) is 18.3. The van der Waals surface area contributed by atoms with Crippen molar-refractivity contribution in [2.24, 2.45) is 7.05 Å². The molecule has 7 heteroatoms. The molecule has 0 N–H and O–H groups in total. The molecular weight excluding hydrogens is 420 g/mol. The van der Waals surface area contributed by atoms with Gasteiger partial charge in [0.05, 0.1) is 31.0 Å². The third-order valence-corrected chi connectivity index (χ3v) is 6.16. The highest BCUT2D eigenvalue weighted by Gasteiger charge is 2.34. The first-order chi connectivity index (χ1) is 16.1. The molecule has 4 heterocycles. The van der Waals surface area contributed by atoms with E-state index in [-0.39, 0.29) is 5.78 Å². The van der Waals surface area contributed by atoms with Gasteiger partial charge in [-0.15, -0.1) is 0 Å². The molecule has 0 atom stereocenters. The van der Waals surface area contributed by atoms with Crippen molar-refractivity contribution in [3.05, 3.63) is 83.1 Å². The summed E-state index contributed by atoms with van der Waals surface area (Å²) in [6, 6.07) is 13.3. The van der Waals surface area contributed by atoms with Crippen LogP contribution >= 0.6 is 0 Å². The van der Waals surface area contributed by atoms with Gasteiger partial charge in [0.2, 0.25) is 5.78 Å². The van der Waals surface area contributed by atoms with Gasteiger partial charge in [-0.3, -0.25) is 9.69 Å². The van der Waals surface area contributed by atoms with E-state index in [9.17, 15) is 4.79 Å². The van der Waals surface area contributed by atoms with Crippen LogP contribution in [0.5, 0.6) is 17.2 Å². The molecule has 0 unspecified atom stereocenters. The summed E-state index contributed by atoms with van der Waals surface area (Å²) in [5.41, 5.74) is 3.37. The summed E-state index contributed by atoms with van der Waals surface area (Å²) in [6.07, 6.45) is 5.45. The van der Waals surface area contributed by atoms with E-state index in [1.165, 1.54) is 0 Å². The van der Waals surface area contributed by atoms with E-state index in [0.29, 0.717) is 36.9 Å². The molecule has 2 aliphatic rings. The van der Waals surface area contributed by atoms with Crippen LogP contribution in [0.15, 0.2) is 65.1 Å². The lowest BCUT2D eigenvalue weighted by molar-refractivity contribution is 0.0810. The van der Waals surface area contributed by atoms with E-state index in [2.05, 4.69) is 4.90 Å². The molecule has 0 saturated heterocycles. The Kier molecular flexibility index (Phi) is 4.52. The number of rotatable bonds is 4. The summed E-state index contributed by atoms with van der Waals surface area (Å²) in [7, 11) is 3.62. The van der Waals surface area contributed by atoms with E-state index in [1.54, 1.807) is 25.5 Å². The molecule has 0 saturated carbocycles. The zero-order valence-electron chi connectivity index (χ0n) is 18.3. The molecule has 2 aromatic heterocycles. The van der Waals surface area contributed by atoms with Crippen LogP contribution < -0.4 is 14.2 Å². The van der Waals surface area contributed by atoms with Crippen molar-refractivity contribution >= 4 is 22.8 Å². The van der Waals surface area contributed by atoms with E-state index >= 15 is 0 Å². The van der Waals surface area contributed by atoms with Gasteiger partial charge in [-0.25, -0.2) is 0 Å². The van der Waals surface area contributed by atoms with Crippen LogP contribution in [-0.2, 0) is 20.1 Å². The third kappa shape index (κ3) is 3.29. The van der Waals surface area contributed by atoms with Gasteiger partial charge in [0.1, 0.15) is 29.7 Å². The van der Waals surface area contributed by atoms with Crippen LogP contribution in [0.3, 0.4) is 0 Å². The second-order valence-corrected chi connectivity index (χ2v) is 8.28. The van der Waals surface area contributed by atoms with Crippen LogP contribution in [0.4, 0.5) is 0 Å². The van der Waals surface area contributed by atoms with E-state index in [4.69, 9.17) is 18.6 Å². The molecule has 0 spiro atoms. The Labute approximate surface area is 190 Å². The fourth-order valence-corrected chi connectivity index (χ4v) is 4.51. The molecule has 2 aromatic carbocycles. The van der Waals surface area contributed by atoms with Crippen molar-refractivity contribution in [2.45, 2.75) is 13.1 Å². The largest absolute Gasteiger partial charge is 0.497 e. The quantitative estimate of drug-likeness (QED) is 0.425. The van der Waals surface area contributed by atoms with Crippen LogP contribution in [0, 0.1) is 0 Å². The van der Waals surface area contributed by atoms with Crippen LogP contribution in [0.2, 0.25) is 0 Å². The Morgan fingerprint density at radius 1 is 1.18 bits per heavy atom. The number of aromatic nitrogens is 1. The average molecular weight is 442 g/mol. The Hall–Kier alpha value is -3.97. The first-order valence-electron chi connectivity index (χ1n) is 10.7. The fourth-order valence-electron chi connectivity index (χ4n) is 4.51. The van der Waals surface area contributed by atoms with Gasteiger partial charge < -0.3 is 23.2 Å². The van der Waals surface area contributed by atoms with Crippen molar-refractivity contribution in [1.29, 1.82) is 0 Å². The summed E-state index contributed by atoms with van der Waals surface area (Å²) in [4.78, 5) is 15.3. The number of hydrogen-bond donors (Lipinski definition) is 0. The maximum Gasteiger partial charge on any atom is 0.231 e. The number of fused-ring (bicyclic) bond motifs is 4. The third-order valence-electron chi connectivity index (χ3n) is 6.16. The molecule has 0 fully saturated rings. The number of benzene rings is 2. The van der Waals surface area contributed by atoms with E-state index < -0.39 is 0 Å². The summed E-state index contributed by atoms with van der Waals surface area (Å²) < 4.78 is 25.0. The van der Waals surface area contributed by atoms with Crippen molar-refractivity contribution in [3.8, 4) is 17.2 Å². The molecule has 7 nitrogen and oxygen atoms in total. The lowest BCUT2D eigenvalue weighted by Crippen LogP contribution is -2.31. The second kappa shape index (κ2) is 7.56. The molecule has 33 heavy (non-hydrogen) atoms. The second-order valence-electron chi connectivity index (χ2n) is 8.28. The first kappa shape index (κ1) is 19.7. The number of ketones is 1. The maximum atomic E-state index is 13.2. The van der Waals surface area contributed by atoms with Crippen molar-refractivity contribution < 1.29 is 23.4 Å². The van der Waals surface area contributed by atoms with Crippen molar-refractivity contribution in [2.75, 3.05) is 13.8 Å². The molecule has 0 aliphatic carbocycles. The van der Waals surface area contributed by atoms with Crippen LogP contribution in [-0.4, -0.2) is 29.1 Å². The number of Topliss-reactive ketones (excluding diaryl/α,β-unsaturated/α-hetero) is 1. The number of ether oxygens (including phenoxy) is 3. The van der Waals surface area contributed by atoms with Crippen LogP contribution in [0.1, 0.15) is 27.2 Å². The molecule has 0 radical (unpaired) electrons. The molecular formula is C26H22N2O5. The smallest absolute Gasteiger partial charge is 0.231 e. The van der Waals surface area contributed by atoms with Crippen molar-refractivity contribution in [1.82, 2.24) is 9.47 Å². The Balaban J connectivity index is 1.35. The molecule has 166 valence electrons. The highest BCUT2D eigenvalue weighted by atomic mass is 16.5. The Bertz CT molecular complexity index is 1410. The minimum atomic E-state index is -0.129. The molecule has 6 rings (SSSR count). The van der Waals surface area contributed by atoms with Gasteiger partial charge >= 0.3 is 0 Å². The first-order valence-corrected chi connectivity index (χ1v) is 10.7. The molecule has 0 amide bonds. The number of furan rings is 1. The van der Waals surface area contributed by atoms with E-state index in [0.717, 1.165) is 39.3 Å². The number of carbonyl (C=O) groups is 1. The predicted molar refractivity (Wildman–Crippen MR) is 122 cm³/mol. The fraction of sp³-hybridized carbons (Fsp3) is 0.192. The molecule has 0 bridgehead atoms. The van der Waals surface area contributed by atoms with Gasteiger partial charge in [-0.2, -0.15) is 0 Å². The van der Waals surface area contributed by atoms with Crippen molar-refractivity contribution in [3.63, 3.8) is 0 Å². The Morgan fingerprint density at radius 3 is 2.91 bits per heavy atom. The summed E-state index contributed by atoms with van der Waals surface area (Å²) in [6.45, 7) is 1.66. The number of carbonyl (C=O) groups excluding carboxylic acids is 1. The SMILES string of the molecule is COc1ccc2c(c1)c(/C=C1\Oc3c(ccc4c3CN(Cc3ccco3)CO4)C1=O)cn2C. The zero-order chi connectivity index (χ0) is 22.5. The molecule has 4 aromatic rings. The lowest BCUT2D eigenvalue weighted by Gasteiger charge is -2.29. The minimum Gasteiger partial charge on any atom is -0.497 e. The number of aryl methyl sites for hydroxylation is 1. The topological polar surface area (TPSA) is 66.1 Å². The minimum absolute atomic E-state index is 0.129. The summed E-state index contributed by atoms with van der Waals surface area (Å²) in [5, 5.41) is 0.992. The predicted octanol–water partition coefficient (Wildman–Crippen LogP) is 4.75. The highest BCUT2D eigenvalue weighted by Crippen LogP contribution is 2.42. The average Bonchev–Trinajstić information content (AvgIpc) is 3.53. The number of hydrogen-bond acceptors (Lipinski definition) is 6. The van der Waals surface area contributed by atoms with Gasteiger partial charge in [-0.1, -0.05) is 0 Å². The summed E-state index contributed by atoms with van der Waals surface area (Å²) in [5.74, 6) is 3.11. The van der Waals surface area contributed by atoms with Gasteiger partial charge in [-0.05, 0) is 48.5 Å². The number of allylic oxidation sites excluding steroid dienone is 1. The standard InChI is InChI=1S/C26H22N2O5/c1-27-12-16(20-11-17(30-2)5-7-22(20)27)10-24-25(29)19-6-8-23-21(26(19)33-24)14-28(15-32-23)13-18-4-3-9-31-18/h3-12H,13-15H2,1-2H3/b24-10-.